The van der Waals surface area contributed by atoms with E-state index in [1.807, 2.05) is 0 Å². The average molecular weight is 214 g/mol. The maximum Gasteiger partial charge on any atom is 0.142 e. The van der Waals surface area contributed by atoms with Crippen molar-refractivity contribution in [2.24, 2.45) is 0 Å². The van der Waals surface area contributed by atoms with Gasteiger partial charge in [-0.2, -0.15) is 0 Å². The molecule has 1 nitrogen and oxygen atoms in total. The van der Waals surface area contributed by atoms with Crippen LogP contribution in [0.4, 0.5) is 4.39 Å². The van der Waals surface area contributed by atoms with Gasteiger partial charge in [-0.05, 0) is 36.8 Å². The lowest BCUT2D eigenvalue weighted by atomic mass is 9.83. The first-order chi connectivity index (χ1) is 6.74. The average Bonchev–Trinajstić information content (AvgIpc) is 2.20. The summed E-state index contributed by atoms with van der Waals surface area (Å²) < 4.78 is 13.5. The smallest absolute Gasteiger partial charge is 0.142 e. The SMILES string of the molecule is CCC1CCC(F)c2nccc(Cl)c21. The first-order valence-electron chi connectivity index (χ1n) is 5.02. The van der Waals surface area contributed by atoms with Gasteiger partial charge in [0.2, 0.25) is 0 Å². The Balaban J connectivity index is 2.51. The van der Waals surface area contributed by atoms with E-state index >= 15 is 0 Å². The molecule has 14 heavy (non-hydrogen) atoms. The Kier molecular flexibility index (Phi) is 2.73. The van der Waals surface area contributed by atoms with Gasteiger partial charge in [0.1, 0.15) is 6.17 Å². The highest BCUT2D eigenvalue weighted by molar-refractivity contribution is 6.31. The van der Waals surface area contributed by atoms with Crippen LogP contribution in [0.25, 0.3) is 0 Å². The number of aromatic nitrogens is 1. The molecular formula is C11H13ClFN. The van der Waals surface area contributed by atoms with E-state index in [0.29, 0.717) is 23.1 Å². The van der Waals surface area contributed by atoms with Gasteiger partial charge < -0.3 is 0 Å². The molecule has 0 amide bonds. The van der Waals surface area contributed by atoms with Crippen LogP contribution in [-0.2, 0) is 0 Å². The van der Waals surface area contributed by atoms with Crippen LogP contribution < -0.4 is 0 Å². The number of alkyl halides is 1. The summed E-state index contributed by atoms with van der Waals surface area (Å²) in [7, 11) is 0. The van der Waals surface area contributed by atoms with Crippen molar-refractivity contribution in [3.63, 3.8) is 0 Å². The van der Waals surface area contributed by atoms with Crippen LogP contribution in [-0.4, -0.2) is 4.98 Å². The summed E-state index contributed by atoms with van der Waals surface area (Å²) in [4.78, 5) is 4.10. The third-order valence-corrected chi connectivity index (χ3v) is 3.26. The number of nitrogens with zero attached hydrogens (tertiary/aromatic N) is 1. The molecule has 1 aliphatic carbocycles. The number of hydrogen-bond donors (Lipinski definition) is 0. The normalized spacial score (nSPS) is 25.9. The molecule has 1 aliphatic rings. The van der Waals surface area contributed by atoms with Crippen LogP contribution in [0, 0.1) is 0 Å². The van der Waals surface area contributed by atoms with Crippen molar-refractivity contribution in [1.29, 1.82) is 0 Å². The summed E-state index contributed by atoms with van der Waals surface area (Å²) in [5, 5.41) is 0.671. The van der Waals surface area contributed by atoms with Crippen molar-refractivity contribution in [1.82, 2.24) is 4.98 Å². The van der Waals surface area contributed by atoms with E-state index < -0.39 is 6.17 Å². The van der Waals surface area contributed by atoms with E-state index in [4.69, 9.17) is 11.6 Å². The molecule has 2 unspecified atom stereocenters. The highest BCUT2D eigenvalue weighted by Crippen LogP contribution is 2.42. The van der Waals surface area contributed by atoms with Crippen molar-refractivity contribution in [3.05, 3.63) is 28.5 Å². The third kappa shape index (κ3) is 1.52. The van der Waals surface area contributed by atoms with Gasteiger partial charge >= 0.3 is 0 Å². The molecule has 2 rings (SSSR count). The van der Waals surface area contributed by atoms with Crippen molar-refractivity contribution in [2.45, 2.75) is 38.3 Å². The third-order valence-electron chi connectivity index (χ3n) is 2.93. The first kappa shape index (κ1) is 9.91. The van der Waals surface area contributed by atoms with E-state index in [-0.39, 0.29) is 0 Å². The molecule has 1 aromatic rings. The van der Waals surface area contributed by atoms with Crippen LogP contribution in [0.3, 0.4) is 0 Å². The van der Waals surface area contributed by atoms with E-state index in [1.54, 1.807) is 12.3 Å². The summed E-state index contributed by atoms with van der Waals surface area (Å²) in [6, 6.07) is 1.75. The molecular weight excluding hydrogens is 201 g/mol. The Bertz CT molecular complexity index is 340. The van der Waals surface area contributed by atoms with Crippen molar-refractivity contribution < 1.29 is 4.39 Å². The standard InChI is InChI=1S/C11H13ClFN/c1-2-7-3-4-9(13)11-10(7)8(12)5-6-14-11/h5-7,9H,2-4H2,1H3. The Morgan fingerprint density at radius 2 is 2.36 bits per heavy atom. The van der Waals surface area contributed by atoms with Gasteiger partial charge in [0.05, 0.1) is 5.69 Å². The molecule has 0 saturated carbocycles. The van der Waals surface area contributed by atoms with Crippen LogP contribution in [0.5, 0.6) is 0 Å². The van der Waals surface area contributed by atoms with Crippen LogP contribution >= 0.6 is 11.6 Å². The van der Waals surface area contributed by atoms with Gasteiger partial charge in [0, 0.05) is 11.2 Å². The zero-order valence-corrected chi connectivity index (χ0v) is 8.89. The molecule has 0 aromatic carbocycles. The van der Waals surface area contributed by atoms with Crippen molar-refractivity contribution in [2.75, 3.05) is 0 Å². The van der Waals surface area contributed by atoms with E-state index in [0.717, 1.165) is 18.4 Å². The topological polar surface area (TPSA) is 12.9 Å². The molecule has 0 saturated heterocycles. The fourth-order valence-electron chi connectivity index (χ4n) is 2.16. The van der Waals surface area contributed by atoms with Crippen LogP contribution in [0.2, 0.25) is 5.02 Å². The highest BCUT2D eigenvalue weighted by Gasteiger charge is 2.28. The quantitative estimate of drug-likeness (QED) is 0.686. The van der Waals surface area contributed by atoms with E-state index in [2.05, 4.69) is 11.9 Å². The lowest BCUT2D eigenvalue weighted by Crippen LogP contribution is -2.13. The fourth-order valence-corrected chi connectivity index (χ4v) is 2.46. The Morgan fingerprint density at radius 3 is 3.07 bits per heavy atom. The molecule has 76 valence electrons. The zero-order valence-electron chi connectivity index (χ0n) is 8.13. The van der Waals surface area contributed by atoms with Gasteiger partial charge in [0.25, 0.3) is 0 Å². The maximum atomic E-state index is 13.5. The summed E-state index contributed by atoms with van der Waals surface area (Å²) in [6.45, 7) is 2.11. The van der Waals surface area contributed by atoms with Crippen molar-refractivity contribution >= 4 is 11.6 Å². The van der Waals surface area contributed by atoms with E-state index in [1.165, 1.54) is 0 Å². The molecule has 1 aromatic heterocycles. The molecule has 0 N–H and O–H groups in total. The number of fused-ring (bicyclic) bond motifs is 1. The van der Waals surface area contributed by atoms with Gasteiger partial charge in [0.15, 0.2) is 0 Å². The highest BCUT2D eigenvalue weighted by atomic mass is 35.5. The minimum absolute atomic E-state index is 0.387. The first-order valence-corrected chi connectivity index (χ1v) is 5.40. The maximum absolute atomic E-state index is 13.5. The predicted octanol–water partition coefficient (Wildman–Crippen LogP) is 4.03. The van der Waals surface area contributed by atoms with Gasteiger partial charge in [-0.3, -0.25) is 4.98 Å². The zero-order chi connectivity index (χ0) is 10.1. The fraction of sp³-hybridized carbons (Fsp3) is 0.545. The van der Waals surface area contributed by atoms with Gasteiger partial charge in [-0.1, -0.05) is 18.5 Å². The lowest BCUT2D eigenvalue weighted by molar-refractivity contribution is 0.278. The van der Waals surface area contributed by atoms with E-state index in [9.17, 15) is 4.39 Å². The molecule has 0 radical (unpaired) electrons. The molecule has 0 fully saturated rings. The molecule has 0 spiro atoms. The number of rotatable bonds is 1. The minimum Gasteiger partial charge on any atom is -0.258 e. The molecule has 2 atom stereocenters. The molecule has 3 heteroatoms. The molecule has 0 aliphatic heterocycles. The summed E-state index contributed by atoms with van der Waals surface area (Å²) in [5.74, 6) is 0.387. The second-order valence-electron chi connectivity index (χ2n) is 3.74. The second-order valence-corrected chi connectivity index (χ2v) is 4.15. The molecule has 0 bridgehead atoms. The van der Waals surface area contributed by atoms with Crippen LogP contribution in [0.15, 0.2) is 12.3 Å². The summed E-state index contributed by atoms with van der Waals surface area (Å²) >= 11 is 6.07. The summed E-state index contributed by atoms with van der Waals surface area (Å²) in [5.41, 5.74) is 1.51. The Morgan fingerprint density at radius 1 is 1.57 bits per heavy atom. The largest absolute Gasteiger partial charge is 0.258 e. The lowest BCUT2D eigenvalue weighted by Gasteiger charge is -2.26. The summed E-state index contributed by atoms with van der Waals surface area (Å²) in [6.07, 6.45) is 3.14. The van der Waals surface area contributed by atoms with Crippen LogP contribution in [0.1, 0.15) is 49.5 Å². The number of hydrogen-bond acceptors (Lipinski definition) is 1. The predicted molar refractivity (Wildman–Crippen MR) is 55.4 cm³/mol. The Hall–Kier alpha value is -0.630. The van der Waals surface area contributed by atoms with Gasteiger partial charge in [-0.25, -0.2) is 4.39 Å². The Labute approximate surface area is 88.3 Å². The van der Waals surface area contributed by atoms with Gasteiger partial charge in [-0.15, -0.1) is 0 Å². The van der Waals surface area contributed by atoms with Crippen molar-refractivity contribution in [3.8, 4) is 0 Å². The second kappa shape index (κ2) is 3.85. The number of pyridine rings is 1. The minimum atomic E-state index is -0.925. The number of halogens is 2. The monoisotopic (exact) mass is 213 g/mol. The molecule has 1 heterocycles.